The number of hydrogen-bond donors (Lipinski definition) is 0. The Hall–Kier alpha value is -3.78. The predicted molar refractivity (Wildman–Crippen MR) is 138 cm³/mol. The predicted octanol–water partition coefficient (Wildman–Crippen LogP) is 5.08. The number of ether oxygens (including phenoxy) is 1. The second-order valence-corrected chi connectivity index (χ2v) is 9.81. The quantitative estimate of drug-likeness (QED) is 0.253. The molecule has 0 N–H and O–H groups in total. The van der Waals surface area contributed by atoms with Crippen LogP contribution in [0.3, 0.4) is 0 Å². The third kappa shape index (κ3) is 4.11. The van der Waals surface area contributed by atoms with Crippen LogP contribution in [0, 0.1) is 12.8 Å². The Kier molecular flexibility index (Phi) is 6.22. The number of para-hydroxylation sites is 1. The Bertz CT molecular complexity index is 1430. The molecule has 8 heteroatoms. The maximum Gasteiger partial charge on any atom is 0.316 e. The first-order valence-corrected chi connectivity index (χ1v) is 12.5. The number of carbonyl (C=O) groups excluding carboxylic acids is 4. The molecular weight excluding hydrogens is 524 g/mol. The molecule has 2 aliphatic rings. The summed E-state index contributed by atoms with van der Waals surface area (Å²) in [6.07, 6.45) is 0.865. The minimum absolute atomic E-state index is 0.0819. The molecule has 0 aromatic heterocycles. The lowest BCUT2D eigenvalue weighted by atomic mass is 10.1. The maximum atomic E-state index is 12.9. The minimum Gasteiger partial charge on any atom is -0.426 e. The third-order valence-electron chi connectivity index (χ3n) is 6.60. The van der Waals surface area contributed by atoms with E-state index in [2.05, 4.69) is 15.9 Å². The number of esters is 1. The molecule has 0 bridgehead atoms. The molecule has 0 radical (unpaired) electrons. The van der Waals surface area contributed by atoms with Gasteiger partial charge in [0.2, 0.25) is 5.91 Å². The Morgan fingerprint density at radius 2 is 1.72 bits per heavy atom. The zero-order valence-electron chi connectivity index (χ0n) is 19.8. The van der Waals surface area contributed by atoms with Crippen molar-refractivity contribution in [1.82, 2.24) is 0 Å². The van der Waals surface area contributed by atoms with Gasteiger partial charge in [0.05, 0.1) is 22.7 Å². The van der Waals surface area contributed by atoms with Crippen LogP contribution in [0.2, 0.25) is 0 Å². The number of anilines is 2. The fraction of sp³-hybridized carbons (Fsp3) is 0.214. The highest BCUT2D eigenvalue weighted by atomic mass is 79.9. The van der Waals surface area contributed by atoms with Crippen LogP contribution in [0.1, 0.15) is 45.2 Å². The van der Waals surface area contributed by atoms with Crippen molar-refractivity contribution >= 4 is 51.0 Å². The third-order valence-corrected chi connectivity index (χ3v) is 7.09. The van der Waals surface area contributed by atoms with E-state index in [1.165, 1.54) is 0 Å². The molecule has 2 aliphatic heterocycles. The summed E-state index contributed by atoms with van der Waals surface area (Å²) in [5.74, 6) is -1.69. The summed E-state index contributed by atoms with van der Waals surface area (Å²) in [6.45, 7) is 4.03. The zero-order valence-corrected chi connectivity index (χ0v) is 21.4. The van der Waals surface area contributed by atoms with Crippen molar-refractivity contribution in [1.29, 1.82) is 0 Å². The molecule has 5 rings (SSSR count). The van der Waals surface area contributed by atoms with Crippen LogP contribution in [-0.4, -0.2) is 30.2 Å². The lowest BCUT2D eigenvalue weighted by molar-refractivity contribution is -0.139. The van der Waals surface area contributed by atoms with Gasteiger partial charge in [0.25, 0.3) is 11.8 Å². The normalized spacial score (nSPS) is 17.1. The van der Waals surface area contributed by atoms with E-state index in [1.807, 2.05) is 31.2 Å². The molecule has 3 amide bonds. The molecule has 36 heavy (non-hydrogen) atoms. The van der Waals surface area contributed by atoms with Crippen LogP contribution < -0.4 is 14.5 Å². The lowest BCUT2D eigenvalue weighted by Gasteiger charge is -2.20. The summed E-state index contributed by atoms with van der Waals surface area (Å²) < 4.78 is 6.32. The van der Waals surface area contributed by atoms with Gasteiger partial charge in [0.1, 0.15) is 5.75 Å². The van der Waals surface area contributed by atoms with Gasteiger partial charge in [-0.25, -0.2) is 4.90 Å². The molecule has 2 heterocycles. The van der Waals surface area contributed by atoms with Crippen LogP contribution in [0.4, 0.5) is 11.4 Å². The molecule has 3 aromatic rings. The Balaban J connectivity index is 1.31. The van der Waals surface area contributed by atoms with Gasteiger partial charge in [0.15, 0.2) is 0 Å². The van der Waals surface area contributed by atoms with Gasteiger partial charge in [-0.2, -0.15) is 0 Å². The highest BCUT2D eigenvalue weighted by Gasteiger charge is 2.39. The van der Waals surface area contributed by atoms with E-state index < -0.39 is 23.7 Å². The number of carbonyl (C=O) groups is 4. The van der Waals surface area contributed by atoms with Gasteiger partial charge in [-0.1, -0.05) is 41.1 Å². The molecule has 0 saturated carbocycles. The van der Waals surface area contributed by atoms with Gasteiger partial charge in [0, 0.05) is 23.1 Å². The summed E-state index contributed by atoms with van der Waals surface area (Å²) in [5.41, 5.74) is 3.59. The van der Waals surface area contributed by atoms with Crippen LogP contribution in [-0.2, 0) is 16.0 Å². The number of amides is 3. The molecule has 1 atom stereocenters. The fourth-order valence-corrected chi connectivity index (χ4v) is 5.11. The smallest absolute Gasteiger partial charge is 0.316 e. The second kappa shape index (κ2) is 9.35. The van der Waals surface area contributed by atoms with Gasteiger partial charge in [-0.3, -0.25) is 19.2 Å². The van der Waals surface area contributed by atoms with E-state index in [9.17, 15) is 19.2 Å². The number of fused-ring (bicyclic) bond motifs is 1. The second-order valence-electron chi connectivity index (χ2n) is 8.89. The molecule has 1 fully saturated rings. The highest BCUT2D eigenvalue weighted by molar-refractivity contribution is 9.10. The minimum atomic E-state index is -0.586. The first-order valence-electron chi connectivity index (χ1n) is 11.7. The van der Waals surface area contributed by atoms with E-state index in [0.717, 1.165) is 22.6 Å². The summed E-state index contributed by atoms with van der Waals surface area (Å²) in [6, 6.07) is 17.4. The van der Waals surface area contributed by atoms with E-state index in [-0.39, 0.29) is 18.9 Å². The van der Waals surface area contributed by atoms with Gasteiger partial charge in [-0.15, -0.1) is 0 Å². The molecule has 1 saturated heterocycles. The first kappa shape index (κ1) is 23.9. The monoisotopic (exact) mass is 546 g/mol. The largest absolute Gasteiger partial charge is 0.426 e. The average molecular weight is 547 g/mol. The van der Waals surface area contributed by atoms with E-state index >= 15 is 0 Å². The molecule has 0 aliphatic carbocycles. The van der Waals surface area contributed by atoms with Gasteiger partial charge >= 0.3 is 5.97 Å². The lowest BCUT2D eigenvalue weighted by Crippen LogP contribution is -2.30. The Morgan fingerprint density at radius 1 is 0.972 bits per heavy atom. The molecule has 182 valence electrons. The zero-order chi connectivity index (χ0) is 25.6. The van der Waals surface area contributed by atoms with Crippen LogP contribution >= 0.6 is 15.9 Å². The number of nitrogens with zero attached hydrogens (tertiary/aromatic N) is 2. The molecule has 7 nitrogen and oxygen atoms in total. The number of halogens is 1. The maximum absolute atomic E-state index is 12.9. The fourth-order valence-electron chi connectivity index (χ4n) is 4.75. The van der Waals surface area contributed by atoms with Crippen LogP contribution in [0.5, 0.6) is 5.75 Å². The Labute approximate surface area is 216 Å². The van der Waals surface area contributed by atoms with Crippen molar-refractivity contribution in [3.05, 3.63) is 87.4 Å². The standard InChI is InChI=1S/C28H23BrN2O5/c1-3-17-6-4-5-7-24(17)30-15-18(13-25(30)32)28(35)36-20-9-11-23(16(2)12-20)31-26(33)21-10-8-19(29)14-22(21)27(31)34/h4-12,14,18H,3,13,15H2,1-2H3/t18-/m1/s1. The van der Waals surface area contributed by atoms with Crippen LogP contribution in [0.15, 0.2) is 65.1 Å². The van der Waals surface area contributed by atoms with E-state index in [0.29, 0.717) is 32.6 Å². The van der Waals surface area contributed by atoms with Crippen molar-refractivity contribution in [2.24, 2.45) is 5.92 Å². The summed E-state index contributed by atoms with van der Waals surface area (Å²) in [5, 5.41) is 0. The molecule has 0 unspecified atom stereocenters. The molecular formula is C28H23BrN2O5. The van der Waals surface area contributed by atoms with Crippen molar-refractivity contribution in [3.63, 3.8) is 0 Å². The number of benzene rings is 3. The van der Waals surface area contributed by atoms with Crippen molar-refractivity contribution in [2.75, 3.05) is 16.3 Å². The number of imide groups is 1. The molecule has 3 aromatic carbocycles. The highest BCUT2D eigenvalue weighted by Crippen LogP contribution is 2.34. The van der Waals surface area contributed by atoms with Crippen molar-refractivity contribution in [2.45, 2.75) is 26.7 Å². The SMILES string of the molecule is CCc1ccccc1N1C[C@H](C(=O)Oc2ccc(N3C(=O)c4ccc(Br)cc4C3=O)c(C)c2)CC1=O. The first-order chi connectivity index (χ1) is 17.3. The van der Waals surface area contributed by atoms with Crippen LogP contribution in [0.25, 0.3) is 0 Å². The average Bonchev–Trinajstić information content (AvgIpc) is 3.36. The van der Waals surface area contributed by atoms with Crippen molar-refractivity contribution in [3.8, 4) is 5.75 Å². The number of aryl methyl sites for hydroxylation is 2. The summed E-state index contributed by atoms with van der Waals surface area (Å²) in [4.78, 5) is 54.2. The summed E-state index contributed by atoms with van der Waals surface area (Å²) in [7, 11) is 0. The van der Waals surface area contributed by atoms with Crippen molar-refractivity contribution < 1.29 is 23.9 Å². The number of rotatable bonds is 5. The van der Waals surface area contributed by atoms with Gasteiger partial charge < -0.3 is 9.64 Å². The Morgan fingerprint density at radius 3 is 2.47 bits per heavy atom. The summed E-state index contributed by atoms with van der Waals surface area (Å²) >= 11 is 3.34. The molecule has 0 spiro atoms. The van der Waals surface area contributed by atoms with E-state index in [4.69, 9.17) is 4.74 Å². The number of hydrogen-bond acceptors (Lipinski definition) is 5. The topological polar surface area (TPSA) is 84.0 Å². The van der Waals surface area contributed by atoms with Gasteiger partial charge in [-0.05, 0) is 66.9 Å². The van der Waals surface area contributed by atoms with E-state index in [1.54, 1.807) is 48.2 Å².